The van der Waals surface area contributed by atoms with Gasteiger partial charge in [0, 0.05) is 6.04 Å². The fourth-order valence-corrected chi connectivity index (χ4v) is 1.24. The van der Waals surface area contributed by atoms with Gasteiger partial charge in [0.25, 0.3) is 0 Å². The van der Waals surface area contributed by atoms with E-state index in [1.165, 1.54) is 5.57 Å². The SMILES string of the molecule is C/C(=C/C(C)C)CC(N)C(C)C. The molecule has 0 radical (unpaired) electrons. The summed E-state index contributed by atoms with van der Waals surface area (Å²) in [5.41, 5.74) is 7.37. The summed E-state index contributed by atoms with van der Waals surface area (Å²) in [7, 11) is 0. The second-order valence-electron chi connectivity index (χ2n) is 4.37. The van der Waals surface area contributed by atoms with Crippen LogP contribution in [0.25, 0.3) is 0 Å². The van der Waals surface area contributed by atoms with E-state index in [9.17, 15) is 0 Å². The Balaban J connectivity index is 3.91. The third-order valence-electron chi connectivity index (χ3n) is 2.03. The van der Waals surface area contributed by atoms with E-state index in [0.29, 0.717) is 17.9 Å². The van der Waals surface area contributed by atoms with Gasteiger partial charge in [-0.3, -0.25) is 0 Å². The summed E-state index contributed by atoms with van der Waals surface area (Å²) in [4.78, 5) is 0. The summed E-state index contributed by atoms with van der Waals surface area (Å²) >= 11 is 0. The van der Waals surface area contributed by atoms with Gasteiger partial charge in [-0.1, -0.05) is 39.3 Å². The molecule has 0 aromatic rings. The summed E-state index contributed by atoms with van der Waals surface area (Å²) in [5, 5.41) is 0. The lowest BCUT2D eigenvalue weighted by molar-refractivity contribution is 0.488. The van der Waals surface area contributed by atoms with Gasteiger partial charge in [0.2, 0.25) is 0 Å². The van der Waals surface area contributed by atoms with Crippen LogP contribution in [0.1, 0.15) is 41.0 Å². The predicted octanol–water partition coefficient (Wildman–Crippen LogP) is 2.96. The first-order chi connectivity index (χ1) is 5.43. The Kier molecular flexibility index (Phi) is 5.23. The first-order valence-electron chi connectivity index (χ1n) is 4.86. The molecule has 0 bridgehead atoms. The minimum Gasteiger partial charge on any atom is -0.327 e. The van der Waals surface area contributed by atoms with Crippen LogP contribution in [0, 0.1) is 11.8 Å². The van der Waals surface area contributed by atoms with Crippen LogP contribution in [0.3, 0.4) is 0 Å². The highest BCUT2D eigenvalue weighted by molar-refractivity contribution is 5.02. The third-order valence-corrected chi connectivity index (χ3v) is 2.03. The van der Waals surface area contributed by atoms with E-state index in [2.05, 4.69) is 40.7 Å². The smallest absolute Gasteiger partial charge is 0.00991 e. The maximum atomic E-state index is 5.95. The monoisotopic (exact) mass is 169 g/mol. The molecule has 0 amide bonds. The van der Waals surface area contributed by atoms with Gasteiger partial charge in [-0.05, 0) is 25.2 Å². The summed E-state index contributed by atoms with van der Waals surface area (Å²) in [6, 6.07) is 0.319. The van der Waals surface area contributed by atoms with Gasteiger partial charge in [-0.15, -0.1) is 0 Å². The molecular weight excluding hydrogens is 146 g/mol. The Morgan fingerprint density at radius 3 is 2.08 bits per heavy atom. The van der Waals surface area contributed by atoms with E-state index < -0.39 is 0 Å². The van der Waals surface area contributed by atoms with Crippen molar-refractivity contribution in [2.45, 2.75) is 47.1 Å². The second kappa shape index (κ2) is 5.36. The predicted molar refractivity (Wildman–Crippen MR) is 56.0 cm³/mol. The minimum absolute atomic E-state index is 0.319. The van der Waals surface area contributed by atoms with E-state index in [1.807, 2.05) is 0 Å². The molecule has 2 N–H and O–H groups in total. The Hall–Kier alpha value is -0.300. The number of allylic oxidation sites excluding steroid dienone is 1. The fraction of sp³-hybridized carbons (Fsp3) is 0.818. The van der Waals surface area contributed by atoms with Gasteiger partial charge in [0.15, 0.2) is 0 Å². The van der Waals surface area contributed by atoms with Crippen molar-refractivity contribution in [2.75, 3.05) is 0 Å². The van der Waals surface area contributed by atoms with Gasteiger partial charge in [0.1, 0.15) is 0 Å². The molecule has 1 heteroatoms. The summed E-state index contributed by atoms with van der Waals surface area (Å²) in [6.45, 7) is 10.9. The second-order valence-corrected chi connectivity index (χ2v) is 4.37. The third kappa shape index (κ3) is 5.36. The highest BCUT2D eigenvalue weighted by Crippen LogP contribution is 2.12. The van der Waals surface area contributed by atoms with Crippen LogP contribution in [-0.2, 0) is 0 Å². The lowest BCUT2D eigenvalue weighted by Crippen LogP contribution is -2.26. The number of hydrogen-bond acceptors (Lipinski definition) is 1. The Morgan fingerprint density at radius 1 is 1.25 bits per heavy atom. The Morgan fingerprint density at radius 2 is 1.75 bits per heavy atom. The van der Waals surface area contributed by atoms with Gasteiger partial charge >= 0.3 is 0 Å². The fourth-order valence-electron chi connectivity index (χ4n) is 1.24. The molecule has 1 unspecified atom stereocenters. The molecule has 0 rings (SSSR count). The van der Waals surface area contributed by atoms with E-state index in [1.54, 1.807) is 0 Å². The molecule has 0 fully saturated rings. The zero-order valence-corrected chi connectivity index (χ0v) is 9.09. The molecule has 0 saturated heterocycles. The molecule has 0 heterocycles. The maximum Gasteiger partial charge on any atom is 0.00991 e. The van der Waals surface area contributed by atoms with Crippen LogP contribution >= 0.6 is 0 Å². The van der Waals surface area contributed by atoms with Crippen molar-refractivity contribution in [1.82, 2.24) is 0 Å². The van der Waals surface area contributed by atoms with Crippen molar-refractivity contribution in [3.8, 4) is 0 Å². The standard InChI is InChI=1S/C11H23N/c1-8(2)6-10(5)7-11(12)9(3)4/h6,8-9,11H,7,12H2,1-5H3/b10-6-. The minimum atomic E-state index is 0.319. The molecule has 0 aliphatic rings. The van der Waals surface area contributed by atoms with Crippen LogP contribution in [0.15, 0.2) is 11.6 Å². The lowest BCUT2D eigenvalue weighted by atomic mass is 9.96. The highest BCUT2D eigenvalue weighted by Gasteiger charge is 2.07. The molecular formula is C11H23N. The van der Waals surface area contributed by atoms with Crippen molar-refractivity contribution < 1.29 is 0 Å². The van der Waals surface area contributed by atoms with Gasteiger partial charge in [0.05, 0.1) is 0 Å². The molecule has 0 aliphatic carbocycles. The molecule has 1 atom stereocenters. The number of nitrogens with two attached hydrogens (primary N) is 1. The zero-order chi connectivity index (χ0) is 9.72. The van der Waals surface area contributed by atoms with Crippen LogP contribution < -0.4 is 5.73 Å². The molecule has 0 aromatic carbocycles. The van der Waals surface area contributed by atoms with Crippen LogP contribution in [0.2, 0.25) is 0 Å². The van der Waals surface area contributed by atoms with Crippen LogP contribution in [0.5, 0.6) is 0 Å². The van der Waals surface area contributed by atoms with Crippen LogP contribution in [0.4, 0.5) is 0 Å². The van der Waals surface area contributed by atoms with E-state index in [0.717, 1.165) is 6.42 Å². The maximum absolute atomic E-state index is 5.95. The first-order valence-corrected chi connectivity index (χ1v) is 4.86. The van der Waals surface area contributed by atoms with E-state index >= 15 is 0 Å². The summed E-state index contributed by atoms with van der Waals surface area (Å²) < 4.78 is 0. The first kappa shape index (κ1) is 11.7. The molecule has 72 valence electrons. The topological polar surface area (TPSA) is 26.0 Å². The van der Waals surface area contributed by atoms with Crippen molar-refractivity contribution >= 4 is 0 Å². The number of rotatable bonds is 4. The van der Waals surface area contributed by atoms with Gasteiger partial charge < -0.3 is 5.73 Å². The zero-order valence-electron chi connectivity index (χ0n) is 9.09. The summed E-state index contributed by atoms with van der Waals surface area (Å²) in [6.07, 6.45) is 3.33. The van der Waals surface area contributed by atoms with Crippen molar-refractivity contribution in [3.63, 3.8) is 0 Å². The van der Waals surface area contributed by atoms with E-state index in [-0.39, 0.29) is 0 Å². The van der Waals surface area contributed by atoms with Crippen molar-refractivity contribution in [1.29, 1.82) is 0 Å². The molecule has 0 aromatic heterocycles. The molecule has 0 spiro atoms. The van der Waals surface area contributed by atoms with Gasteiger partial charge in [-0.2, -0.15) is 0 Å². The Labute approximate surface area is 77.0 Å². The Bertz CT molecular complexity index is 145. The van der Waals surface area contributed by atoms with Crippen LogP contribution in [-0.4, -0.2) is 6.04 Å². The summed E-state index contributed by atoms with van der Waals surface area (Å²) in [5.74, 6) is 1.23. The van der Waals surface area contributed by atoms with Crippen molar-refractivity contribution in [3.05, 3.63) is 11.6 Å². The average Bonchev–Trinajstić information content (AvgIpc) is 1.84. The lowest BCUT2D eigenvalue weighted by Gasteiger charge is -2.16. The molecule has 1 nitrogen and oxygen atoms in total. The molecule has 0 aliphatic heterocycles. The van der Waals surface area contributed by atoms with E-state index in [4.69, 9.17) is 5.73 Å². The average molecular weight is 169 g/mol. The largest absolute Gasteiger partial charge is 0.327 e. The molecule has 12 heavy (non-hydrogen) atoms. The van der Waals surface area contributed by atoms with Gasteiger partial charge in [-0.25, -0.2) is 0 Å². The normalized spacial score (nSPS) is 15.8. The quantitative estimate of drug-likeness (QED) is 0.643. The number of hydrogen-bond donors (Lipinski definition) is 1. The van der Waals surface area contributed by atoms with Crippen molar-refractivity contribution in [2.24, 2.45) is 17.6 Å². The molecule has 0 saturated carbocycles. The highest BCUT2D eigenvalue weighted by atomic mass is 14.6.